The van der Waals surface area contributed by atoms with Gasteiger partial charge in [-0.05, 0) is 19.8 Å². The van der Waals surface area contributed by atoms with Crippen LogP contribution in [0.25, 0.3) is 0 Å². The number of ether oxygens (including phenoxy) is 1. The monoisotopic (exact) mass is 332 g/mol. The van der Waals surface area contributed by atoms with Gasteiger partial charge in [0.2, 0.25) is 0 Å². The summed E-state index contributed by atoms with van der Waals surface area (Å²) in [6, 6.07) is 0.913. The summed E-state index contributed by atoms with van der Waals surface area (Å²) in [5.74, 6) is 0. The molecule has 5 heteroatoms. The van der Waals surface area contributed by atoms with Crippen molar-refractivity contribution in [3.63, 3.8) is 0 Å². The average molecular weight is 333 g/mol. The molecule has 0 rings (SSSR count). The van der Waals surface area contributed by atoms with Gasteiger partial charge in [0.15, 0.2) is 0 Å². The third kappa shape index (κ3) is 11.4. The highest BCUT2D eigenvalue weighted by Crippen LogP contribution is 2.18. The second kappa shape index (κ2) is 14.4. The molecule has 0 spiro atoms. The van der Waals surface area contributed by atoms with E-state index in [4.69, 9.17) is 18.0 Å². The lowest BCUT2D eigenvalue weighted by molar-refractivity contribution is 0.122. The highest BCUT2D eigenvalue weighted by molar-refractivity contribution is 6.60. The van der Waals surface area contributed by atoms with Gasteiger partial charge in [-0.15, -0.1) is 0 Å². The smallest absolute Gasteiger partial charge is 0.377 e. The van der Waals surface area contributed by atoms with Gasteiger partial charge >= 0.3 is 8.80 Å². The molecule has 0 aliphatic heterocycles. The summed E-state index contributed by atoms with van der Waals surface area (Å²) in [7, 11) is 2.70. The van der Waals surface area contributed by atoms with Crippen molar-refractivity contribution in [2.75, 3.05) is 34.5 Å². The molecule has 0 aliphatic carbocycles. The average Bonchev–Trinajstić information content (AvgIpc) is 2.52. The lowest BCUT2D eigenvalue weighted by Crippen LogP contribution is -2.42. The predicted molar refractivity (Wildman–Crippen MR) is 94.2 cm³/mol. The first-order valence-electron chi connectivity index (χ1n) is 8.48. The lowest BCUT2D eigenvalue weighted by atomic mass is 10.1. The Morgan fingerprint density at radius 1 is 0.773 bits per heavy atom. The SMILES string of the molecule is C=C(C)COCCCCCCCCCC[Si](OC)(OC)OC. The third-order valence-corrected chi connectivity index (χ3v) is 6.64. The molecule has 0 aromatic heterocycles. The molecule has 4 nitrogen and oxygen atoms in total. The van der Waals surface area contributed by atoms with Gasteiger partial charge in [-0.2, -0.15) is 0 Å². The molecule has 0 bridgehead atoms. The van der Waals surface area contributed by atoms with E-state index in [2.05, 4.69) is 6.58 Å². The fourth-order valence-electron chi connectivity index (χ4n) is 2.41. The zero-order chi connectivity index (χ0) is 16.7. The summed E-state index contributed by atoms with van der Waals surface area (Å²) >= 11 is 0. The Bertz CT molecular complexity index is 259. The van der Waals surface area contributed by atoms with Gasteiger partial charge in [0, 0.05) is 34.0 Å². The van der Waals surface area contributed by atoms with Crippen molar-refractivity contribution in [1.82, 2.24) is 0 Å². The fourth-order valence-corrected chi connectivity index (χ4v) is 4.20. The van der Waals surface area contributed by atoms with Crippen molar-refractivity contribution in [2.45, 2.75) is 64.3 Å². The van der Waals surface area contributed by atoms with Crippen molar-refractivity contribution in [3.05, 3.63) is 12.2 Å². The van der Waals surface area contributed by atoms with Crippen molar-refractivity contribution in [2.24, 2.45) is 0 Å². The van der Waals surface area contributed by atoms with Crippen molar-refractivity contribution in [1.29, 1.82) is 0 Å². The van der Waals surface area contributed by atoms with E-state index < -0.39 is 8.80 Å². The van der Waals surface area contributed by atoms with Crippen LogP contribution in [0.2, 0.25) is 6.04 Å². The number of rotatable bonds is 16. The molecule has 0 saturated carbocycles. The molecule has 0 aromatic carbocycles. The first kappa shape index (κ1) is 21.8. The van der Waals surface area contributed by atoms with Crippen LogP contribution in [0.1, 0.15) is 58.3 Å². The maximum absolute atomic E-state index is 5.49. The van der Waals surface area contributed by atoms with E-state index in [1.165, 1.54) is 38.5 Å². The predicted octanol–water partition coefficient (Wildman–Crippen LogP) is 4.58. The highest BCUT2D eigenvalue weighted by Gasteiger charge is 2.36. The number of unbranched alkanes of at least 4 members (excludes halogenated alkanes) is 7. The molecule has 0 amide bonds. The summed E-state index contributed by atoms with van der Waals surface area (Å²) in [4.78, 5) is 0. The van der Waals surface area contributed by atoms with Gasteiger partial charge in [0.25, 0.3) is 0 Å². The zero-order valence-corrected chi connectivity index (χ0v) is 16.1. The molecule has 0 N–H and O–H groups in total. The van der Waals surface area contributed by atoms with E-state index >= 15 is 0 Å². The highest BCUT2D eigenvalue weighted by atomic mass is 28.4. The molecule has 0 unspecified atom stereocenters. The summed E-state index contributed by atoms with van der Waals surface area (Å²) in [5.41, 5.74) is 1.10. The van der Waals surface area contributed by atoms with Crippen LogP contribution in [0.4, 0.5) is 0 Å². The summed E-state index contributed by atoms with van der Waals surface area (Å²) in [5, 5.41) is 0. The lowest BCUT2D eigenvalue weighted by Gasteiger charge is -2.24. The van der Waals surface area contributed by atoms with Crippen LogP contribution in [-0.2, 0) is 18.0 Å². The van der Waals surface area contributed by atoms with Crippen LogP contribution in [0.5, 0.6) is 0 Å². The molecular formula is C17H36O4Si. The quantitative estimate of drug-likeness (QED) is 0.235. The molecule has 0 fully saturated rings. The van der Waals surface area contributed by atoms with Gasteiger partial charge in [-0.25, -0.2) is 0 Å². The number of hydrogen-bond donors (Lipinski definition) is 0. The maximum atomic E-state index is 5.49. The van der Waals surface area contributed by atoms with Gasteiger partial charge < -0.3 is 18.0 Å². The Balaban J connectivity index is 3.32. The van der Waals surface area contributed by atoms with E-state index in [0.29, 0.717) is 6.61 Å². The Hall–Kier alpha value is -0.203. The minimum Gasteiger partial charge on any atom is -0.377 e. The van der Waals surface area contributed by atoms with Gasteiger partial charge in [-0.1, -0.05) is 50.7 Å². The molecule has 132 valence electrons. The van der Waals surface area contributed by atoms with Crippen LogP contribution < -0.4 is 0 Å². The second-order valence-electron chi connectivity index (χ2n) is 5.88. The standard InChI is InChI=1S/C17H36O4Si/c1-17(2)16-21-14-12-10-8-6-7-9-11-13-15-22(18-3,19-4)20-5/h1,6-16H2,2-5H3. The zero-order valence-electron chi connectivity index (χ0n) is 15.1. The third-order valence-electron chi connectivity index (χ3n) is 3.80. The number of hydrogen-bond acceptors (Lipinski definition) is 4. The summed E-state index contributed by atoms with van der Waals surface area (Å²) in [6.45, 7) is 7.39. The minimum absolute atomic E-state index is 0.704. The van der Waals surface area contributed by atoms with Crippen LogP contribution in [0.15, 0.2) is 12.2 Å². The summed E-state index contributed by atoms with van der Waals surface area (Å²) < 4.78 is 21.7. The molecule has 0 atom stereocenters. The molecule has 22 heavy (non-hydrogen) atoms. The Kier molecular flexibility index (Phi) is 14.3. The van der Waals surface area contributed by atoms with Crippen LogP contribution >= 0.6 is 0 Å². The van der Waals surface area contributed by atoms with E-state index in [1.807, 2.05) is 6.92 Å². The van der Waals surface area contributed by atoms with Gasteiger partial charge in [0.1, 0.15) is 0 Å². The van der Waals surface area contributed by atoms with Crippen LogP contribution in [0.3, 0.4) is 0 Å². The first-order valence-corrected chi connectivity index (χ1v) is 10.4. The van der Waals surface area contributed by atoms with Gasteiger partial charge in [0.05, 0.1) is 6.61 Å². The van der Waals surface area contributed by atoms with E-state index in [0.717, 1.165) is 31.1 Å². The van der Waals surface area contributed by atoms with Crippen molar-refractivity contribution >= 4 is 8.80 Å². The first-order chi connectivity index (χ1) is 10.6. The van der Waals surface area contributed by atoms with E-state index in [-0.39, 0.29) is 0 Å². The van der Waals surface area contributed by atoms with E-state index in [9.17, 15) is 0 Å². The fraction of sp³-hybridized carbons (Fsp3) is 0.882. The topological polar surface area (TPSA) is 36.9 Å². The summed E-state index contributed by atoms with van der Waals surface area (Å²) in [6.07, 6.45) is 10.0. The van der Waals surface area contributed by atoms with Crippen LogP contribution in [-0.4, -0.2) is 43.3 Å². The van der Waals surface area contributed by atoms with Gasteiger partial charge in [-0.3, -0.25) is 0 Å². The normalized spacial score (nSPS) is 11.8. The Morgan fingerprint density at radius 2 is 1.23 bits per heavy atom. The Labute approximate surface area is 138 Å². The minimum atomic E-state index is -2.34. The Morgan fingerprint density at radius 3 is 1.68 bits per heavy atom. The van der Waals surface area contributed by atoms with Crippen molar-refractivity contribution < 1.29 is 18.0 Å². The molecule has 0 radical (unpaired) electrons. The largest absolute Gasteiger partial charge is 0.500 e. The maximum Gasteiger partial charge on any atom is 0.500 e. The molecule has 0 aliphatic rings. The molecular weight excluding hydrogens is 296 g/mol. The molecule has 0 saturated heterocycles. The van der Waals surface area contributed by atoms with Crippen LogP contribution in [0, 0.1) is 0 Å². The molecule has 0 heterocycles. The van der Waals surface area contributed by atoms with Crippen molar-refractivity contribution in [3.8, 4) is 0 Å². The van der Waals surface area contributed by atoms with E-state index in [1.54, 1.807) is 21.3 Å². The second-order valence-corrected chi connectivity index (χ2v) is 8.97. The molecule has 0 aromatic rings.